The van der Waals surface area contributed by atoms with Crippen LogP contribution in [0.1, 0.15) is 66.2 Å². The molecule has 24 heavy (non-hydrogen) atoms. The molecule has 6 nitrogen and oxygen atoms in total. The molecule has 0 heterocycles. The van der Waals surface area contributed by atoms with Crippen molar-refractivity contribution >= 4 is 20.0 Å². The fraction of sp³-hybridized carbons (Fsp3) is 1.00. The third-order valence-corrected chi connectivity index (χ3v) is 8.61. The van der Waals surface area contributed by atoms with Gasteiger partial charge in [0.1, 0.15) is 0 Å². The van der Waals surface area contributed by atoms with Crippen molar-refractivity contribution in [1.82, 2.24) is 9.44 Å². The van der Waals surface area contributed by atoms with Gasteiger partial charge < -0.3 is 0 Å². The van der Waals surface area contributed by atoms with Crippen LogP contribution in [0.15, 0.2) is 0 Å². The van der Waals surface area contributed by atoms with Gasteiger partial charge in [0.25, 0.3) is 0 Å². The molecule has 0 aromatic rings. The lowest BCUT2D eigenvalue weighted by Crippen LogP contribution is -2.33. The average Bonchev–Trinajstić information content (AvgIpc) is 2.48. The van der Waals surface area contributed by atoms with Crippen LogP contribution < -0.4 is 9.44 Å². The van der Waals surface area contributed by atoms with Crippen molar-refractivity contribution in [2.24, 2.45) is 11.8 Å². The van der Waals surface area contributed by atoms with E-state index in [1.54, 1.807) is 27.7 Å². The molecule has 0 aromatic heterocycles. The third-order valence-electron chi connectivity index (χ3n) is 4.92. The zero-order valence-electron chi connectivity index (χ0n) is 15.4. The number of nitrogens with one attached hydrogen (secondary N) is 2. The molecule has 8 heteroatoms. The van der Waals surface area contributed by atoms with Crippen LogP contribution in [0.25, 0.3) is 0 Å². The second-order valence-electron chi connectivity index (χ2n) is 7.44. The first-order chi connectivity index (χ1) is 11.0. The molecule has 1 saturated carbocycles. The van der Waals surface area contributed by atoms with Gasteiger partial charge in [0, 0.05) is 13.1 Å². The van der Waals surface area contributed by atoms with Crippen molar-refractivity contribution in [1.29, 1.82) is 0 Å². The summed E-state index contributed by atoms with van der Waals surface area (Å²) in [6.07, 6.45) is 6.18. The van der Waals surface area contributed by atoms with Crippen molar-refractivity contribution in [3.8, 4) is 0 Å². The molecule has 144 valence electrons. The third kappa shape index (κ3) is 7.37. The summed E-state index contributed by atoms with van der Waals surface area (Å²) in [6.45, 7) is 7.76. The lowest BCUT2D eigenvalue weighted by Gasteiger charge is -2.28. The predicted molar refractivity (Wildman–Crippen MR) is 98.8 cm³/mol. The summed E-state index contributed by atoms with van der Waals surface area (Å²) in [5.74, 6) is 1.15. The fourth-order valence-electron chi connectivity index (χ4n) is 2.95. The van der Waals surface area contributed by atoms with Gasteiger partial charge in [-0.15, -0.1) is 0 Å². The maximum Gasteiger partial charge on any atom is 0.213 e. The highest BCUT2D eigenvalue weighted by Gasteiger charge is 2.23. The summed E-state index contributed by atoms with van der Waals surface area (Å²) < 4.78 is 52.2. The molecular formula is C16H34N2O4S2. The molecule has 0 aliphatic heterocycles. The van der Waals surface area contributed by atoms with E-state index in [0.29, 0.717) is 24.9 Å². The number of sulfonamides is 2. The Bertz CT molecular complexity index is 511. The van der Waals surface area contributed by atoms with Crippen LogP contribution in [-0.2, 0) is 20.0 Å². The molecule has 1 fully saturated rings. The fourth-order valence-corrected chi connectivity index (χ4v) is 4.42. The van der Waals surface area contributed by atoms with Crippen molar-refractivity contribution in [3.05, 3.63) is 0 Å². The molecular weight excluding hydrogens is 348 g/mol. The largest absolute Gasteiger partial charge is 0.215 e. The van der Waals surface area contributed by atoms with E-state index >= 15 is 0 Å². The smallest absolute Gasteiger partial charge is 0.213 e. The molecule has 0 unspecified atom stereocenters. The van der Waals surface area contributed by atoms with E-state index < -0.39 is 20.0 Å². The Balaban J connectivity index is 2.21. The zero-order valence-corrected chi connectivity index (χ0v) is 17.0. The van der Waals surface area contributed by atoms with E-state index in [0.717, 1.165) is 38.5 Å². The highest BCUT2D eigenvalue weighted by Crippen LogP contribution is 2.32. The summed E-state index contributed by atoms with van der Waals surface area (Å²) in [5.41, 5.74) is 0. The molecule has 2 N–H and O–H groups in total. The Morgan fingerprint density at radius 3 is 1.25 bits per heavy atom. The lowest BCUT2D eigenvalue weighted by molar-refractivity contribution is 0.255. The van der Waals surface area contributed by atoms with Crippen molar-refractivity contribution < 1.29 is 16.8 Å². The Labute approximate surface area is 148 Å². The van der Waals surface area contributed by atoms with Gasteiger partial charge in [0.2, 0.25) is 20.0 Å². The SMILES string of the molecule is CC(C)S(=O)(=O)NCCC1CCC(CCNS(=O)(=O)C(C)C)CC1. The highest BCUT2D eigenvalue weighted by molar-refractivity contribution is 7.90. The van der Waals surface area contributed by atoms with E-state index in [1.165, 1.54) is 0 Å². The van der Waals surface area contributed by atoms with Crippen LogP contribution in [0.5, 0.6) is 0 Å². The first-order valence-electron chi connectivity index (χ1n) is 9.01. The van der Waals surface area contributed by atoms with Crippen LogP contribution in [0.4, 0.5) is 0 Å². The minimum Gasteiger partial charge on any atom is -0.215 e. The van der Waals surface area contributed by atoms with Gasteiger partial charge in [0.15, 0.2) is 0 Å². The van der Waals surface area contributed by atoms with Crippen LogP contribution in [0.3, 0.4) is 0 Å². The molecule has 0 amide bonds. The van der Waals surface area contributed by atoms with Crippen LogP contribution in [-0.4, -0.2) is 40.4 Å². The number of hydrogen-bond donors (Lipinski definition) is 2. The molecule has 0 saturated heterocycles. The summed E-state index contributed by atoms with van der Waals surface area (Å²) in [4.78, 5) is 0. The van der Waals surface area contributed by atoms with Crippen LogP contribution in [0, 0.1) is 11.8 Å². The number of hydrogen-bond acceptors (Lipinski definition) is 4. The molecule has 0 radical (unpaired) electrons. The zero-order chi connectivity index (χ0) is 18.4. The second kappa shape index (κ2) is 9.50. The van der Waals surface area contributed by atoms with Crippen LogP contribution >= 0.6 is 0 Å². The lowest BCUT2D eigenvalue weighted by atomic mass is 9.79. The maximum atomic E-state index is 11.7. The monoisotopic (exact) mass is 382 g/mol. The summed E-state index contributed by atoms with van der Waals surface area (Å²) in [7, 11) is -6.32. The van der Waals surface area contributed by atoms with Gasteiger partial charge in [-0.25, -0.2) is 26.3 Å². The predicted octanol–water partition coefficient (Wildman–Crippen LogP) is 2.23. The van der Waals surface area contributed by atoms with Gasteiger partial charge in [-0.3, -0.25) is 0 Å². The number of rotatable bonds is 10. The molecule has 0 spiro atoms. The molecule has 1 aliphatic rings. The minimum atomic E-state index is -3.16. The summed E-state index contributed by atoms with van der Waals surface area (Å²) in [5, 5.41) is -0.772. The van der Waals surface area contributed by atoms with Gasteiger partial charge in [-0.05, 0) is 52.4 Å². The first kappa shape index (κ1) is 21.9. The van der Waals surface area contributed by atoms with E-state index in [-0.39, 0.29) is 10.5 Å². The highest BCUT2D eigenvalue weighted by atomic mass is 32.2. The maximum absolute atomic E-state index is 11.7. The quantitative estimate of drug-likeness (QED) is 0.606. The standard InChI is InChI=1S/C16H34N2O4S2/c1-13(2)23(19,20)17-11-9-15-5-7-16(8-6-15)10-12-18-24(21,22)14(3)4/h13-18H,5-12H2,1-4H3. The van der Waals surface area contributed by atoms with Crippen molar-refractivity contribution in [3.63, 3.8) is 0 Å². The average molecular weight is 383 g/mol. The van der Waals surface area contributed by atoms with Crippen LogP contribution in [0.2, 0.25) is 0 Å². The Morgan fingerprint density at radius 1 is 0.708 bits per heavy atom. The van der Waals surface area contributed by atoms with Gasteiger partial charge in [-0.1, -0.05) is 25.7 Å². The van der Waals surface area contributed by atoms with Gasteiger partial charge >= 0.3 is 0 Å². The summed E-state index contributed by atoms with van der Waals surface area (Å²) >= 11 is 0. The van der Waals surface area contributed by atoms with Crippen molar-refractivity contribution in [2.45, 2.75) is 76.7 Å². The molecule has 0 aromatic carbocycles. The molecule has 1 rings (SSSR count). The Hall–Kier alpha value is -0.180. The van der Waals surface area contributed by atoms with Gasteiger partial charge in [0.05, 0.1) is 10.5 Å². The van der Waals surface area contributed by atoms with E-state index in [1.807, 2.05) is 0 Å². The van der Waals surface area contributed by atoms with Gasteiger partial charge in [-0.2, -0.15) is 0 Å². The molecule has 0 atom stereocenters. The molecule has 0 bridgehead atoms. The van der Waals surface area contributed by atoms with E-state index in [2.05, 4.69) is 9.44 Å². The Kier molecular flexibility index (Phi) is 8.65. The Morgan fingerprint density at radius 2 is 1.00 bits per heavy atom. The van der Waals surface area contributed by atoms with Crippen molar-refractivity contribution in [2.75, 3.05) is 13.1 Å². The van der Waals surface area contributed by atoms with E-state index in [9.17, 15) is 16.8 Å². The topological polar surface area (TPSA) is 92.3 Å². The first-order valence-corrected chi connectivity index (χ1v) is 12.1. The molecule has 1 aliphatic carbocycles. The normalized spacial score (nSPS) is 23.1. The minimum absolute atomic E-state index is 0.386. The van der Waals surface area contributed by atoms with E-state index in [4.69, 9.17) is 0 Å². The summed E-state index contributed by atoms with van der Waals surface area (Å²) in [6, 6.07) is 0. The second-order valence-corrected chi connectivity index (χ2v) is 12.1.